The van der Waals surface area contributed by atoms with Crippen LogP contribution in [0.4, 0.5) is 0 Å². The van der Waals surface area contributed by atoms with Crippen molar-refractivity contribution >= 4 is 16.7 Å². The third kappa shape index (κ3) is 1.96. The number of aromatic nitrogens is 1. The van der Waals surface area contributed by atoms with Crippen LogP contribution < -0.4 is 0 Å². The predicted octanol–water partition coefficient (Wildman–Crippen LogP) is 3.70. The molecule has 1 N–H and O–H groups in total. The number of para-hydroxylation sites is 1. The first kappa shape index (κ1) is 13.8. The number of hydrogen-bond donors (Lipinski definition) is 1. The molecule has 5 rings (SSSR count). The highest BCUT2D eigenvalue weighted by Gasteiger charge is 2.45. The molecule has 0 spiro atoms. The highest BCUT2D eigenvalue weighted by atomic mass is 16.1. The zero-order valence-corrected chi connectivity index (χ0v) is 13.7. The van der Waals surface area contributed by atoms with Gasteiger partial charge in [0, 0.05) is 42.0 Å². The van der Waals surface area contributed by atoms with Crippen molar-refractivity contribution in [2.45, 2.75) is 38.6 Å². The average molecular weight is 308 g/mol. The fourth-order valence-electron chi connectivity index (χ4n) is 5.45. The number of ketones is 1. The molecule has 3 aliphatic rings. The van der Waals surface area contributed by atoms with Crippen molar-refractivity contribution in [3.05, 3.63) is 35.5 Å². The molecule has 2 aromatic rings. The predicted molar refractivity (Wildman–Crippen MR) is 91.3 cm³/mol. The Morgan fingerprint density at radius 3 is 3.00 bits per heavy atom. The Kier molecular flexibility index (Phi) is 2.96. The number of benzene rings is 1. The number of carbonyl (C=O) groups excluding carboxylic acids is 1. The quantitative estimate of drug-likeness (QED) is 0.805. The summed E-state index contributed by atoms with van der Waals surface area (Å²) in [5, 5.41) is 1.40. The lowest BCUT2D eigenvalue weighted by atomic mass is 9.66. The molecule has 4 unspecified atom stereocenters. The van der Waals surface area contributed by atoms with E-state index < -0.39 is 0 Å². The zero-order chi connectivity index (χ0) is 15.6. The second-order valence-electron chi connectivity index (χ2n) is 7.78. The maximum Gasteiger partial charge on any atom is 0.136 e. The van der Waals surface area contributed by atoms with Crippen molar-refractivity contribution < 1.29 is 4.79 Å². The Hall–Kier alpha value is -1.61. The van der Waals surface area contributed by atoms with Crippen molar-refractivity contribution in [1.29, 1.82) is 0 Å². The van der Waals surface area contributed by atoms with E-state index in [2.05, 4.69) is 41.1 Å². The number of carbonyl (C=O) groups is 1. The molecule has 0 radical (unpaired) electrons. The van der Waals surface area contributed by atoms with Gasteiger partial charge in [-0.2, -0.15) is 0 Å². The van der Waals surface area contributed by atoms with E-state index in [1.807, 2.05) is 0 Å². The third-order valence-corrected chi connectivity index (χ3v) is 6.75. The summed E-state index contributed by atoms with van der Waals surface area (Å²) in [7, 11) is 0. The van der Waals surface area contributed by atoms with Gasteiger partial charge in [-0.3, -0.25) is 9.69 Å². The Balaban J connectivity index is 1.55. The summed E-state index contributed by atoms with van der Waals surface area (Å²) in [4.78, 5) is 18.6. The first-order chi connectivity index (χ1) is 11.2. The van der Waals surface area contributed by atoms with E-state index in [4.69, 9.17) is 0 Å². The van der Waals surface area contributed by atoms with E-state index in [1.165, 1.54) is 35.2 Å². The third-order valence-electron chi connectivity index (χ3n) is 6.75. The molecule has 1 saturated heterocycles. The normalized spacial score (nSPS) is 34.0. The highest BCUT2D eigenvalue weighted by molar-refractivity contribution is 5.85. The summed E-state index contributed by atoms with van der Waals surface area (Å²) < 4.78 is 0. The number of rotatable bonds is 0. The van der Waals surface area contributed by atoms with Gasteiger partial charge < -0.3 is 4.98 Å². The molecule has 2 fully saturated rings. The molecule has 1 saturated carbocycles. The van der Waals surface area contributed by atoms with E-state index in [-0.39, 0.29) is 5.92 Å². The zero-order valence-electron chi connectivity index (χ0n) is 13.7. The van der Waals surface area contributed by atoms with Gasteiger partial charge in [0.15, 0.2) is 0 Å². The summed E-state index contributed by atoms with van der Waals surface area (Å²) in [6.45, 7) is 4.52. The van der Waals surface area contributed by atoms with E-state index in [9.17, 15) is 4.79 Å². The Bertz CT molecular complexity index is 777. The van der Waals surface area contributed by atoms with Gasteiger partial charge in [-0.25, -0.2) is 0 Å². The van der Waals surface area contributed by atoms with Crippen LogP contribution in [0, 0.1) is 17.8 Å². The van der Waals surface area contributed by atoms with E-state index in [1.54, 1.807) is 0 Å². The molecule has 3 nitrogen and oxygen atoms in total. The highest BCUT2D eigenvalue weighted by Crippen LogP contribution is 2.47. The topological polar surface area (TPSA) is 36.1 Å². The average Bonchev–Trinajstić information content (AvgIpc) is 2.96. The SMILES string of the molecule is CC1C(=O)CCC2CN3CCc4c([nH]c5ccccc45)C3CC21. The Morgan fingerprint density at radius 2 is 2.09 bits per heavy atom. The van der Waals surface area contributed by atoms with Crippen LogP contribution >= 0.6 is 0 Å². The smallest absolute Gasteiger partial charge is 0.136 e. The van der Waals surface area contributed by atoms with Crippen LogP contribution in [0.2, 0.25) is 0 Å². The Labute approximate surface area is 137 Å². The molecule has 3 heteroatoms. The van der Waals surface area contributed by atoms with Crippen LogP contribution in [-0.4, -0.2) is 28.8 Å². The molecule has 3 heterocycles. The molecular weight excluding hydrogens is 284 g/mol. The maximum absolute atomic E-state index is 12.2. The number of nitrogens with one attached hydrogen (secondary N) is 1. The lowest BCUT2D eigenvalue weighted by Crippen LogP contribution is -2.50. The Morgan fingerprint density at radius 1 is 1.22 bits per heavy atom. The lowest BCUT2D eigenvalue weighted by Gasteiger charge is -2.49. The molecular formula is C20H24N2O. The number of hydrogen-bond acceptors (Lipinski definition) is 2. The molecule has 0 bridgehead atoms. The first-order valence-electron chi connectivity index (χ1n) is 9.08. The van der Waals surface area contributed by atoms with E-state index in [0.29, 0.717) is 17.7 Å². The van der Waals surface area contributed by atoms with Gasteiger partial charge in [0.2, 0.25) is 0 Å². The largest absolute Gasteiger partial charge is 0.357 e. The monoisotopic (exact) mass is 308 g/mol. The van der Waals surface area contributed by atoms with Crippen LogP contribution in [0.25, 0.3) is 10.9 Å². The minimum atomic E-state index is 0.255. The van der Waals surface area contributed by atoms with Crippen LogP contribution in [0.3, 0.4) is 0 Å². The van der Waals surface area contributed by atoms with Crippen LogP contribution in [0.5, 0.6) is 0 Å². The van der Waals surface area contributed by atoms with Gasteiger partial charge in [0.25, 0.3) is 0 Å². The minimum Gasteiger partial charge on any atom is -0.357 e. The number of H-pyrrole nitrogens is 1. The number of nitrogens with zero attached hydrogens (tertiary/aromatic N) is 1. The van der Waals surface area contributed by atoms with Crippen LogP contribution in [0.15, 0.2) is 24.3 Å². The fourth-order valence-corrected chi connectivity index (χ4v) is 5.45. The van der Waals surface area contributed by atoms with Crippen molar-refractivity contribution in [2.75, 3.05) is 13.1 Å². The summed E-state index contributed by atoms with van der Waals surface area (Å²) >= 11 is 0. The number of Topliss-reactive ketones (excluding diaryl/α,β-unsaturated/α-hetero) is 1. The molecule has 4 atom stereocenters. The van der Waals surface area contributed by atoms with Gasteiger partial charge in [-0.15, -0.1) is 0 Å². The molecule has 2 aliphatic heterocycles. The molecule has 0 amide bonds. The van der Waals surface area contributed by atoms with Crippen molar-refractivity contribution in [3.63, 3.8) is 0 Å². The summed E-state index contributed by atoms with van der Waals surface area (Å²) in [5.74, 6) is 2.05. The number of fused-ring (bicyclic) bond motifs is 6. The van der Waals surface area contributed by atoms with Gasteiger partial charge >= 0.3 is 0 Å². The minimum absolute atomic E-state index is 0.255. The van der Waals surface area contributed by atoms with Crippen molar-refractivity contribution in [3.8, 4) is 0 Å². The second-order valence-corrected chi connectivity index (χ2v) is 7.78. The van der Waals surface area contributed by atoms with E-state index >= 15 is 0 Å². The van der Waals surface area contributed by atoms with Gasteiger partial charge in [-0.05, 0) is 42.7 Å². The molecule has 120 valence electrons. The first-order valence-corrected chi connectivity index (χ1v) is 9.08. The summed E-state index contributed by atoms with van der Waals surface area (Å²) in [6.07, 6.45) is 4.22. The van der Waals surface area contributed by atoms with E-state index in [0.717, 1.165) is 31.6 Å². The van der Waals surface area contributed by atoms with Crippen molar-refractivity contribution in [2.24, 2.45) is 17.8 Å². The van der Waals surface area contributed by atoms with Gasteiger partial charge in [-0.1, -0.05) is 25.1 Å². The molecule has 1 aliphatic carbocycles. The van der Waals surface area contributed by atoms with Crippen LogP contribution in [0.1, 0.15) is 43.5 Å². The van der Waals surface area contributed by atoms with Crippen molar-refractivity contribution in [1.82, 2.24) is 9.88 Å². The molecule has 1 aromatic heterocycles. The van der Waals surface area contributed by atoms with Gasteiger partial charge in [0.05, 0.1) is 6.04 Å². The molecule has 1 aromatic carbocycles. The van der Waals surface area contributed by atoms with Gasteiger partial charge in [0.1, 0.15) is 5.78 Å². The lowest BCUT2D eigenvalue weighted by molar-refractivity contribution is -0.130. The maximum atomic E-state index is 12.2. The van der Waals surface area contributed by atoms with Crippen LogP contribution in [-0.2, 0) is 11.2 Å². The fraction of sp³-hybridized carbons (Fsp3) is 0.550. The number of aromatic amines is 1. The summed E-state index contributed by atoms with van der Waals surface area (Å²) in [6, 6.07) is 9.18. The summed E-state index contributed by atoms with van der Waals surface area (Å²) in [5.41, 5.74) is 4.23. The number of piperidine rings is 1. The second kappa shape index (κ2) is 4.94. The standard InChI is InChI=1S/C20H24N2O/c1-12-16-10-18-20-15(14-4-2-3-5-17(14)21-20)8-9-22(18)11-13(16)6-7-19(12)23/h2-5,12-13,16,18,21H,6-11H2,1H3. The molecule has 23 heavy (non-hydrogen) atoms.